The minimum absolute atomic E-state index is 0.208. The highest BCUT2D eigenvalue weighted by Crippen LogP contribution is 2.30. The molecule has 0 aliphatic heterocycles. The van der Waals surface area contributed by atoms with Crippen LogP contribution in [0.5, 0.6) is 5.75 Å². The zero-order chi connectivity index (χ0) is 22.8. The first-order valence-electron chi connectivity index (χ1n) is 9.87. The zero-order valence-corrected chi connectivity index (χ0v) is 18.6. The molecule has 0 spiro atoms. The highest BCUT2D eigenvalue weighted by Gasteiger charge is 2.21. The molecule has 8 heteroatoms. The van der Waals surface area contributed by atoms with Gasteiger partial charge in [0.25, 0.3) is 11.5 Å². The number of amides is 1. The minimum Gasteiger partial charge on any atom is -0.495 e. The molecule has 4 rings (SSSR count). The monoisotopic (exact) mass is 444 g/mol. The number of anilines is 1. The van der Waals surface area contributed by atoms with Gasteiger partial charge < -0.3 is 10.1 Å². The van der Waals surface area contributed by atoms with Crippen molar-refractivity contribution in [3.05, 3.63) is 86.3 Å². The van der Waals surface area contributed by atoms with E-state index in [9.17, 15) is 9.59 Å². The number of para-hydroxylation sites is 2. The predicted molar refractivity (Wildman–Crippen MR) is 125 cm³/mol. The van der Waals surface area contributed by atoms with Crippen molar-refractivity contribution in [2.24, 2.45) is 0 Å². The molecular formula is C24H20N4O3S. The molecule has 7 nitrogen and oxygen atoms in total. The molecule has 2 aromatic carbocycles. The molecule has 0 fully saturated rings. The molecule has 0 atom stereocenters. The van der Waals surface area contributed by atoms with Gasteiger partial charge in [0, 0.05) is 0 Å². The van der Waals surface area contributed by atoms with Crippen molar-refractivity contribution in [2.75, 3.05) is 12.4 Å². The Morgan fingerprint density at radius 1 is 1.22 bits per heavy atom. The first kappa shape index (κ1) is 21.3. The molecule has 0 bridgehead atoms. The Hall–Kier alpha value is -3.96. The van der Waals surface area contributed by atoms with E-state index in [1.54, 1.807) is 54.8 Å². The maximum atomic E-state index is 13.3. The largest absolute Gasteiger partial charge is 0.495 e. The van der Waals surface area contributed by atoms with Gasteiger partial charge in [-0.25, -0.2) is 4.98 Å². The molecule has 0 radical (unpaired) electrons. The third kappa shape index (κ3) is 3.86. The Bertz CT molecular complexity index is 1450. The quantitative estimate of drug-likeness (QED) is 0.496. The number of thiophene rings is 1. The fourth-order valence-corrected chi connectivity index (χ4v) is 4.68. The summed E-state index contributed by atoms with van der Waals surface area (Å²) in [5.41, 5.74) is 2.30. The number of aryl methyl sites for hydroxylation is 2. The fraction of sp³-hybridized carbons (Fsp3) is 0.167. The highest BCUT2D eigenvalue weighted by molar-refractivity contribution is 7.20. The SMILES string of the molecule is COc1ccccc1NC(=O)c1sc2nc(C)n(Cc3cccc(C#N)c3)c(=O)c2c1C. The van der Waals surface area contributed by atoms with E-state index >= 15 is 0 Å². The number of hydrogen-bond acceptors (Lipinski definition) is 6. The van der Waals surface area contributed by atoms with Gasteiger partial charge in [-0.1, -0.05) is 24.3 Å². The lowest BCUT2D eigenvalue weighted by atomic mass is 10.1. The van der Waals surface area contributed by atoms with E-state index in [4.69, 9.17) is 10.00 Å². The van der Waals surface area contributed by atoms with Crippen LogP contribution in [0.1, 0.15) is 32.2 Å². The lowest BCUT2D eigenvalue weighted by Crippen LogP contribution is -2.24. The second-order valence-corrected chi connectivity index (χ2v) is 8.25. The summed E-state index contributed by atoms with van der Waals surface area (Å²) in [7, 11) is 1.54. The van der Waals surface area contributed by atoms with Crippen molar-refractivity contribution >= 4 is 33.1 Å². The Kier molecular flexibility index (Phi) is 5.75. The smallest absolute Gasteiger partial charge is 0.266 e. The zero-order valence-electron chi connectivity index (χ0n) is 17.8. The lowest BCUT2D eigenvalue weighted by Gasteiger charge is -2.10. The summed E-state index contributed by atoms with van der Waals surface area (Å²) >= 11 is 1.19. The van der Waals surface area contributed by atoms with Gasteiger partial charge >= 0.3 is 0 Å². The van der Waals surface area contributed by atoms with E-state index in [0.29, 0.717) is 50.0 Å². The van der Waals surface area contributed by atoms with Crippen LogP contribution in [0.4, 0.5) is 5.69 Å². The van der Waals surface area contributed by atoms with E-state index in [1.165, 1.54) is 18.4 Å². The number of fused-ring (bicyclic) bond motifs is 1. The van der Waals surface area contributed by atoms with Gasteiger partial charge in [-0.15, -0.1) is 11.3 Å². The first-order valence-corrected chi connectivity index (χ1v) is 10.7. The molecule has 1 N–H and O–H groups in total. The summed E-state index contributed by atoms with van der Waals surface area (Å²) in [5, 5.41) is 12.4. The molecular weight excluding hydrogens is 424 g/mol. The Morgan fingerprint density at radius 2 is 2.00 bits per heavy atom. The van der Waals surface area contributed by atoms with Crippen molar-refractivity contribution in [3.63, 3.8) is 0 Å². The number of nitriles is 1. The normalized spacial score (nSPS) is 10.7. The van der Waals surface area contributed by atoms with E-state index in [1.807, 2.05) is 12.1 Å². The van der Waals surface area contributed by atoms with E-state index < -0.39 is 0 Å². The maximum absolute atomic E-state index is 13.3. The molecule has 1 amide bonds. The molecule has 2 heterocycles. The summed E-state index contributed by atoms with van der Waals surface area (Å²) < 4.78 is 6.87. The Morgan fingerprint density at radius 3 is 2.75 bits per heavy atom. The van der Waals surface area contributed by atoms with Gasteiger partial charge in [-0.05, 0) is 49.2 Å². The Labute approximate surface area is 188 Å². The summed E-state index contributed by atoms with van der Waals surface area (Å²) in [5.74, 6) is 0.777. The second-order valence-electron chi connectivity index (χ2n) is 7.25. The van der Waals surface area contributed by atoms with E-state index in [0.717, 1.165) is 5.56 Å². The van der Waals surface area contributed by atoms with Crippen LogP contribution in [0.25, 0.3) is 10.2 Å². The van der Waals surface area contributed by atoms with Crippen molar-refractivity contribution < 1.29 is 9.53 Å². The van der Waals surface area contributed by atoms with Crippen LogP contribution in [0, 0.1) is 25.2 Å². The molecule has 2 aromatic heterocycles. The van der Waals surface area contributed by atoms with Crippen LogP contribution in [0.2, 0.25) is 0 Å². The van der Waals surface area contributed by atoms with Crippen LogP contribution < -0.4 is 15.6 Å². The van der Waals surface area contributed by atoms with Crippen molar-refractivity contribution in [1.29, 1.82) is 5.26 Å². The molecule has 4 aromatic rings. The average molecular weight is 445 g/mol. The van der Waals surface area contributed by atoms with Crippen LogP contribution in [0.15, 0.2) is 53.3 Å². The number of aromatic nitrogens is 2. The molecule has 160 valence electrons. The number of carbonyl (C=O) groups is 1. The molecule has 32 heavy (non-hydrogen) atoms. The van der Waals surface area contributed by atoms with E-state index in [2.05, 4.69) is 16.4 Å². The molecule has 0 unspecified atom stereocenters. The lowest BCUT2D eigenvalue weighted by molar-refractivity contribution is 0.102. The van der Waals surface area contributed by atoms with E-state index in [-0.39, 0.29) is 11.5 Å². The number of benzene rings is 2. The maximum Gasteiger partial charge on any atom is 0.266 e. The predicted octanol–water partition coefficient (Wildman–Crippen LogP) is 4.26. The first-order chi connectivity index (χ1) is 15.4. The van der Waals surface area contributed by atoms with Crippen molar-refractivity contribution in [3.8, 4) is 11.8 Å². The summed E-state index contributed by atoms with van der Waals surface area (Å²) in [6, 6.07) is 16.4. The van der Waals surface area contributed by atoms with Crippen LogP contribution >= 0.6 is 11.3 Å². The topological polar surface area (TPSA) is 97.0 Å². The number of hydrogen-bond donors (Lipinski definition) is 1. The summed E-state index contributed by atoms with van der Waals surface area (Å²) in [6.07, 6.45) is 0. The van der Waals surface area contributed by atoms with Gasteiger partial charge in [0.1, 0.15) is 16.4 Å². The van der Waals surface area contributed by atoms with Crippen LogP contribution in [-0.4, -0.2) is 22.6 Å². The molecule has 0 aliphatic carbocycles. The number of nitrogens with one attached hydrogen (secondary N) is 1. The number of ether oxygens (including phenoxy) is 1. The van der Waals surface area contributed by atoms with Gasteiger partial charge in [-0.2, -0.15) is 5.26 Å². The van der Waals surface area contributed by atoms with Crippen LogP contribution in [-0.2, 0) is 6.54 Å². The number of nitrogens with zero attached hydrogens (tertiary/aromatic N) is 3. The standard InChI is InChI=1S/C24H20N4O3S/c1-14-20-23(32-21(14)22(29)27-18-9-4-5-10-19(18)31-3)26-15(2)28(24(20)30)13-17-8-6-7-16(11-17)12-25/h4-11H,13H2,1-3H3,(H,27,29). The number of carbonyl (C=O) groups excluding carboxylic acids is 1. The Balaban J connectivity index is 1.74. The number of rotatable bonds is 5. The van der Waals surface area contributed by atoms with Gasteiger partial charge in [0.05, 0.1) is 41.2 Å². The third-order valence-electron chi connectivity index (χ3n) is 5.20. The van der Waals surface area contributed by atoms with Gasteiger partial charge in [-0.3, -0.25) is 14.2 Å². The number of methoxy groups -OCH3 is 1. The van der Waals surface area contributed by atoms with Gasteiger partial charge in [0.15, 0.2) is 0 Å². The molecule has 0 saturated heterocycles. The van der Waals surface area contributed by atoms with Crippen LogP contribution in [0.3, 0.4) is 0 Å². The minimum atomic E-state index is -0.319. The molecule has 0 aliphatic rings. The summed E-state index contributed by atoms with van der Waals surface area (Å²) in [6.45, 7) is 3.81. The highest BCUT2D eigenvalue weighted by atomic mass is 32.1. The summed E-state index contributed by atoms with van der Waals surface area (Å²) in [4.78, 5) is 31.9. The molecule has 0 saturated carbocycles. The van der Waals surface area contributed by atoms with Gasteiger partial charge in [0.2, 0.25) is 0 Å². The fourth-order valence-electron chi connectivity index (χ4n) is 3.57. The third-order valence-corrected chi connectivity index (χ3v) is 6.38. The van der Waals surface area contributed by atoms with Crippen molar-refractivity contribution in [1.82, 2.24) is 9.55 Å². The average Bonchev–Trinajstić information content (AvgIpc) is 3.13. The second kappa shape index (κ2) is 8.65. The van der Waals surface area contributed by atoms with Crippen molar-refractivity contribution in [2.45, 2.75) is 20.4 Å².